The maximum absolute atomic E-state index is 5.79. The molecule has 3 rings (SSSR count). The summed E-state index contributed by atoms with van der Waals surface area (Å²) in [4.78, 5) is 4.09. The molecule has 1 aromatic rings. The van der Waals surface area contributed by atoms with Gasteiger partial charge in [-0.15, -0.1) is 0 Å². The fourth-order valence-corrected chi connectivity index (χ4v) is 2.59. The second-order valence-electron chi connectivity index (χ2n) is 4.48. The van der Waals surface area contributed by atoms with Gasteiger partial charge in [-0.05, 0) is 18.9 Å². The lowest BCUT2D eigenvalue weighted by Crippen LogP contribution is -2.46. The van der Waals surface area contributed by atoms with Crippen LogP contribution in [0.15, 0.2) is 18.5 Å². The van der Waals surface area contributed by atoms with E-state index in [1.807, 2.05) is 17.4 Å². The Labute approximate surface area is 89.0 Å². The van der Waals surface area contributed by atoms with Crippen molar-refractivity contribution in [2.45, 2.75) is 18.3 Å². The van der Waals surface area contributed by atoms with Gasteiger partial charge in [-0.25, -0.2) is 5.01 Å². The first-order valence-corrected chi connectivity index (χ1v) is 5.37. The molecular weight excluding hydrogens is 190 g/mol. The van der Waals surface area contributed by atoms with E-state index in [-0.39, 0.29) is 5.41 Å². The molecule has 4 heteroatoms. The van der Waals surface area contributed by atoms with Gasteiger partial charge in [0.1, 0.15) is 5.75 Å². The molecule has 0 aromatic carbocycles. The first-order chi connectivity index (χ1) is 7.30. The smallest absolute Gasteiger partial charge is 0.141 e. The average molecular weight is 205 g/mol. The molecule has 0 unspecified atom stereocenters. The van der Waals surface area contributed by atoms with Gasteiger partial charge in [0, 0.05) is 30.3 Å². The molecule has 1 fully saturated rings. The number of hydrazine groups is 1. The van der Waals surface area contributed by atoms with Crippen LogP contribution in [0, 0.1) is 0 Å². The molecule has 1 aromatic heterocycles. The van der Waals surface area contributed by atoms with E-state index in [9.17, 15) is 0 Å². The number of fused-ring (bicyclic) bond motifs is 2. The summed E-state index contributed by atoms with van der Waals surface area (Å²) in [7, 11) is 0. The van der Waals surface area contributed by atoms with Crippen molar-refractivity contribution in [2.24, 2.45) is 5.84 Å². The zero-order valence-electron chi connectivity index (χ0n) is 8.65. The maximum atomic E-state index is 5.79. The lowest BCUT2D eigenvalue weighted by Gasteiger charge is -2.36. The Morgan fingerprint density at radius 3 is 3.00 bits per heavy atom. The molecule has 2 aliphatic rings. The largest absolute Gasteiger partial charge is 0.491 e. The van der Waals surface area contributed by atoms with Gasteiger partial charge in [0.2, 0.25) is 0 Å². The number of nitrogens with two attached hydrogens (primary N) is 1. The first kappa shape index (κ1) is 9.12. The lowest BCUT2D eigenvalue weighted by molar-refractivity contribution is 0.136. The fraction of sp³-hybridized carbons (Fsp3) is 0.545. The van der Waals surface area contributed by atoms with Crippen LogP contribution in [0.25, 0.3) is 0 Å². The minimum atomic E-state index is 0.203. The van der Waals surface area contributed by atoms with Crippen molar-refractivity contribution in [3.63, 3.8) is 0 Å². The third-order valence-electron chi connectivity index (χ3n) is 3.61. The van der Waals surface area contributed by atoms with Gasteiger partial charge in [-0.1, -0.05) is 0 Å². The topological polar surface area (TPSA) is 51.4 Å². The van der Waals surface area contributed by atoms with Crippen LogP contribution in [-0.2, 0) is 5.41 Å². The van der Waals surface area contributed by atoms with Crippen molar-refractivity contribution in [3.05, 3.63) is 24.0 Å². The normalized spacial score (nSPS) is 23.8. The van der Waals surface area contributed by atoms with Crippen LogP contribution in [0.1, 0.15) is 18.4 Å². The third kappa shape index (κ3) is 1.33. The van der Waals surface area contributed by atoms with Crippen molar-refractivity contribution in [1.82, 2.24) is 9.99 Å². The molecule has 0 atom stereocenters. The van der Waals surface area contributed by atoms with Crippen LogP contribution < -0.4 is 10.6 Å². The van der Waals surface area contributed by atoms with Crippen molar-refractivity contribution in [3.8, 4) is 5.75 Å². The molecule has 2 aliphatic heterocycles. The number of hydrogen-bond donors (Lipinski definition) is 1. The molecule has 1 spiro atoms. The van der Waals surface area contributed by atoms with E-state index in [2.05, 4.69) is 11.1 Å². The van der Waals surface area contributed by atoms with Crippen LogP contribution in [0.5, 0.6) is 5.75 Å². The second kappa shape index (κ2) is 3.18. The highest BCUT2D eigenvalue weighted by Crippen LogP contribution is 2.44. The number of piperidine rings is 1. The predicted molar refractivity (Wildman–Crippen MR) is 56.4 cm³/mol. The number of aromatic nitrogens is 1. The number of pyridine rings is 1. The second-order valence-corrected chi connectivity index (χ2v) is 4.48. The summed E-state index contributed by atoms with van der Waals surface area (Å²) in [5.41, 5.74) is 1.53. The molecule has 4 nitrogen and oxygen atoms in total. The molecule has 0 aliphatic carbocycles. The van der Waals surface area contributed by atoms with Crippen LogP contribution in [0.4, 0.5) is 0 Å². The van der Waals surface area contributed by atoms with E-state index >= 15 is 0 Å². The maximum Gasteiger partial charge on any atom is 0.141 e. The molecule has 15 heavy (non-hydrogen) atoms. The Balaban J connectivity index is 1.95. The summed E-state index contributed by atoms with van der Waals surface area (Å²) in [5.74, 6) is 6.75. The highest BCUT2D eigenvalue weighted by molar-refractivity contribution is 5.41. The Bertz CT molecular complexity index is 372. The van der Waals surface area contributed by atoms with Crippen LogP contribution in [0.2, 0.25) is 0 Å². The predicted octanol–water partition coefficient (Wildman–Crippen LogP) is 0.681. The highest BCUT2D eigenvalue weighted by atomic mass is 16.5. The number of hydrogen-bond acceptors (Lipinski definition) is 4. The fourth-order valence-electron chi connectivity index (χ4n) is 2.59. The van der Waals surface area contributed by atoms with E-state index in [0.717, 1.165) is 38.3 Å². The van der Waals surface area contributed by atoms with E-state index in [4.69, 9.17) is 10.6 Å². The van der Waals surface area contributed by atoms with E-state index in [1.165, 1.54) is 5.56 Å². The van der Waals surface area contributed by atoms with Crippen LogP contribution >= 0.6 is 0 Å². The highest BCUT2D eigenvalue weighted by Gasteiger charge is 2.42. The molecule has 0 radical (unpaired) electrons. The van der Waals surface area contributed by atoms with Gasteiger partial charge in [-0.3, -0.25) is 10.8 Å². The lowest BCUT2D eigenvalue weighted by atomic mass is 9.75. The molecule has 1 saturated heterocycles. The number of ether oxygens (including phenoxy) is 1. The van der Waals surface area contributed by atoms with E-state index in [0.29, 0.717) is 0 Å². The molecule has 0 bridgehead atoms. The Morgan fingerprint density at radius 1 is 1.40 bits per heavy atom. The summed E-state index contributed by atoms with van der Waals surface area (Å²) in [6, 6.07) is 2.09. The molecule has 0 saturated carbocycles. The average Bonchev–Trinajstić information content (AvgIpc) is 2.63. The van der Waals surface area contributed by atoms with Gasteiger partial charge < -0.3 is 4.74 Å². The van der Waals surface area contributed by atoms with Crippen molar-refractivity contribution >= 4 is 0 Å². The van der Waals surface area contributed by atoms with Gasteiger partial charge in [0.15, 0.2) is 0 Å². The quantitative estimate of drug-likeness (QED) is 0.633. The summed E-state index contributed by atoms with van der Waals surface area (Å²) in [5, 5.41) is 1.89. The summed E-state index contributed by atoms with van der Waals surface area (Å²) in [6.07, 6.45) is 5.84. The zero-order chi connectivity index (χ0) is 10.3. The van der Waals surface area contributed by atoms with Gasteiger partial charge >= 0.3 is 0 Å². The minimum Gasteiger partial charge on any atom is -0.491 e. The minimum absolute atomic E-state index is 0.203. The summed E-state index contributed by atoms with van der Waals surface area (Å²) < 4.78 is 5.71. The first-order valence-electron chi connectivity index (χ1n) is 5.37. The monoisotopic (exact) mass is 205 g/mol. The molecular formula is C11H15N3O. The standard InChI is InChI=1S/C11H15N3O/c12-14-5-2-11(3-6-14)8-15-10-7-13-4-1-9(10)11/h1,4,7H,2-3,5-6,8,12H2. The Kier molecular flexibility index (Phi) is 1.94. The van der Waals surface area contributed by atoms with Crippen molar-refractivity contribution in [1.29, 1.82) is 0 Å². The molecule has 3 heterocycles. The van der Waals surface area contributed by atoms with Crippen molar-refractivity contribution < 1.29 is 4.74 Å². The van der Waals surface area contributed by atoms with Crippen LogP contribution in [0.3, 0.4) is 0 Å². The SMILES string of the molecule is NN1CCC2(CC1)COc1cnccc12. The number of rotatable bonds is 0. The Morgan fingerprint density at radius 2 is 2.20 bits per heavy atom. The van der Waals surface area contributed by atoms with E-state index in [1.54, 1.807) is 0 Å². The third-order valence-corrected chi connectivity index (χ3v) is 3.61. The summed E-state index contributed by atoms with van der Waals surface area (Å²) >= 11 is 0. The molecule has 0 amide bonds. The molecule has 2 N–H and O–H groups in total. The van der Waals surface area contributed by atoms with Gasteiger partial charge in [0.25, 0.3) is 0 Å². The number of nitrogens with zero attached hydrogens (tertiary/aromatic N) is 2. The van der Waals surface area contributed by atoms with E-state index < -0.39 is 0 Å². The van der Waals surface area contributed by atoms with Gasteiger partial charge in [-0.2, -0.15) is 0 Å². The Hall–Kier alpha value is -1.13. The zero-order valence-corrected chi connectivity index (χ0v) is 8.65. The summed E-state index contributed by atoms with van der Waals surface area (Å²) in [6.45, 7) is 2.69. The van der Waals surface area contributed by atoms with Crippen molar-refractivity contribution in [2.75, 3.05) is 19.7 Å². The molecule has 80 valence electrons. The van der Waals surface area contributed by atoms with Gasteiger partial charge in [0.05, 0.1) is 12.8 Å². The van der Waals surface area contributed by atoms with Crippen LogP contribution in [-0.4, -0.2) is 29.7 Å².